The number of hydrogen-bond donors (Lipinski definition) is 2. The van der Waals surface area contributed by atoms with E-state index in [0.29, 0.717) is 11.3 Å². The minimum atomic E-state index is -3.12. The fraction of sp³-hybridized carbons (Fsp3) is 0.538. The van der Waals surface area contributed by atoms with Crippen LogP contribution in [-0.4, -0.2) is 32.4 Å². The van der Waals surface area contributed by atoms with E-state index >= 15 is 0 Å². The van der Waals surface area contributed by atoms with Crippen molar-refractivity contribution >= 4 is 15.5 Å². The van der Waals surface area contributed by atoms with Crippen molar-refractivity contribution in [2.75, 3.05) is 24.2 Å². The van der Waals surface area contributed by atoms with Gasteiger partial charge in [0.25, 0.3) is 0 Å². The van der Waals surface area contributed by atoms with E-state index in [2.05, 4.69) is 5.32 Å². The molecule has 0 spiro atoms. The average Bonchev–Trinajstić information content (AvgIpc) is 2.35. The molecule has 0 amide bonds. The predicted molar refractivity (Wildman–Crippen MR) is 73.6 cm³/mol. The number of anilines is 1. The van der Waals surface area contributed by atoms with Crippen molar-refractivity contribution in [2.45, 2.75) is 31.1 Å². The molecule has 0 saturated carbocycles. The molecule has 1 rings (SSSR count). The highest BCUT2D eigenvalue weighted by Gasteiger charge is 2.12. The van der Waals surface area contributed by atoms with Gasteiger partial charge in [0.2, 0.25) is 0 Å². The van der Waals surface area contributed by atoms with Crippen molar-refractivity contribution in [1.29, 1.82) is 0 Å². The first-order valence-corrected chi connectivity index (χ1v) is 7.93. The fourth-order valence-electron chi connectivity index (χ4n) is 1.64. The van der Waals surface area contributed by atoms with Crippen LogP contribution in [0.15, 0.2) is 29.2 Å². The molecule has 0 aliphatic carbocycles. The Bertz CT molecular complexity index is 440. The molecular formula is C13H21NO3S. The Kier molecular flexibility index (Phi) is 6.15. The van der Waals surface area contributed by atoms with Gasteiger partial charge in [-0.25, -0.2) is 8.42 Å². The molecule has 0 unspecified atom stereocenters. The monoisotopic (exact) mass is 271 g/mol. The van der Waals surface area contributed by atoms with E-state index in [4.69, 9.17) is 5.11 Å². The summed E-state index contributed by atoms with van der Waals surface area (Å²) in [5.74, 6) is 0.191. The smallest absolute Gasteiger partial charge is 0.178 e. The van der Waals surface area contributed by atoms with E-state index in [1.807, 2.05) is 6.92 Å². The van der Waals surface area contributed by atoms with Crippen molar-refractivity contribution < 1.29 is 13.5 Å². The molecule has 0 aromatic heterocycles. The molecular weight excluding hydrogens is 250 g/mol. The van der Waals surface area contributed by atoms with E-state index in [9.17, 15) is 8.42 Å². The maximum Gasteiger partial charge on any atom is 0.178 e. The van der Waals surface area contributed by atoms with Crippen LogP contribution in [-0.2, 0) is 9.84 Å². The Balaban J connectivity index is 2.57. The van der Waals surface area contributed by atoms with Gasteiger partial charge in [0.1, 0.15) is 0 Å². The van der Waals surface area contributed by atoms with E-state index in [-0.39, 0.29) is 12.4 Å². The van der Waals surface area contributed by atoms with E-state index < -0.39 is 9.84 Å². The van der Waals surface area contributed by atoms with Crippen LogP contribution in [0.25, 0.3) is 0 Å². The lowest BCUT2D eigenvalue weighted by Gasteiger charge is -2.07. The van der Waals surface area contributed by atoms with Crippen LogP contribution in [0.5, 0.6) is 0 Å². The molecule has 1 aromatic rings. The summed E-state index contributed by atoms with van der Waals surface area (Å²) in [6, 6.07) is 6.84. The molecule has 0 aliphatic heterocycles. The third kappa shape index (κ3) is 4.66. The third-order valence-corrected chi connectivity index (χ3v) is 4.54. The first kappa shape index (κ1) is 15.0. The largest absolute Gasteiger partial charge is 0.396 e. The minimum absolute atomic E-state index is 0.191. The van der Waals surface area contributed by atoms with Crippen LogP contribution in [0.4, 0.5) is 5.69 Å². The number of aliphatic hydroxyl groups excluding tert-OH is 1. The van der Waals surface area contributed by atoms with Gasteiger partial charge in [-0.3, -0.25) is 0 Å². The lowest BCUT2D eigenvalue weighted by Crippen LogP contribution is -2.06. The molecule has 1 aromatic carbocycles. The highest BCUT2D eigenvalue weighted by Crippen LogP contribution is 2.16. The van der Waals surface area contributed by atoms with E-state index in [0.717, 1.165) is 25.1 Å². The zero-order valence-corrected chi connectivity index (χ0v) is 11.5. The summed E-state index contributed by atoms with van der Waals surface area (Å²) < 4.78 is 23.6. The van der Waals surface area contributed by atoms with Gasteiger partial charge in [-0.15, -0.1) is 0 Å². The molecule has 0 radical (unpaired) electrons. The Morgan fingerprint density at radius 3 is 2.39 bits per heavy atom. The summed E-state index contributed by atoms with van der Waals surface area (Å²) >= 11 is 0. The van der Waals surface area contributed by atoms with Crippen LogP contribution in [0.3, 0.4) is 0 Å². The summed E-state index contributed by atoms with van der Waals surface area (Å²) in [4.78, 5) is 0.380. The quantitative estimate of drug-likeness (QED) is 0.710. The van der Waals surface area contributed by atoms with Crippen molar-refractivity contribution in [3.05, 3.63) is 24.3 Å². The van der Waals surface area contributed by atoms with Crippen molar-refractivity contribution in [3.63, 3.8) is 0 Å². The molecule has 0 heterocycles. The van der Waals surface area contributed by atoms with Gasteiger partial charge < -0.3 is 10.4 Å². The Morgan fingerprint density at radius 1 is 1.17 bits per heavy atom. The van der Waals surface area contributed by atoms with E-state index in [1.54, 1.807) is 24.3 Å². The highest BCUT2D eigenvalue weighted by atomic mass is 32.2. The Morgan fingerprint density at radius 2 is 1.83 bits per heavy atom. The van der Waals surface area contributed by atoms with Gasteiger partial charge in [0.15, 0.2) is 9.84 Å². The standard InChI is InChI=1S/C13H21NO3S/c1-2-11-18(16,17)13-7-5-12(6-8-13)14-9-3-4-10-15/h5-8,14-15H,2-4,9-11H2,1H3. The average molecular weight is 271 g/mol. The van der Waals surface area contributed by atoms with Crippen LogP contribution in [0, 0.1) is 0 Å². The second kappa shape index (κ2) is 7.38. The van der Waals surface area contributed by atoms with Crippen LogP contribution < -0.4 is 5.32 Å². The molecule has 0 fully saturated rings. The number of nitrogens with one attached hydrogen (secondary N) is 1. The van der Waals surface area contributed by atoms with Crippen molar-refractivity contribution in [1.82, 2.24) is 0 Å². The second-order valence-corrected chi connectivity index (χ2v) is 6.31. The fourth-order valence-corrected chi connectivity index (χ4v) is 2.96. The molecule has 0 aliphatic rings. The summed E-state index contributed by atoms with van der Waals surface area (Å²) in [5, 5.41) is 11.8. The van der Waals surface area contributed by atoms with E-state index in [1.165, 1.54) is 0 Å². The number of rotatable bonds is 8. The predicted octanol–water partition coefficient (Wildman–Crippen LogP) is 2.05. The zero-order chi connectivity index (χ0) is 13.4. The van der Waals surface area contributed by atoms with Gasteiger partial charge in [0, 0.05) is 18.8 Å². The number of benzene rings is 1. The summed E-state index contributed by atoms with van der Waals surface area (Å²) in [5.41, 5.74) is 0.906. The third-order valence-electron chi connectivity index (χ3n) is 2.60. The molecule has 0 atom stereocenters. The number of aliphatic hydroxyl groups is 1. The SMILES string of the molecule is CCCS(=O)(=O)c1ccc(NCCCCO)cc1. The van der Waals surface area contributed by atoms with Gasteiger partial charge in [-0.1, -0.05) is 6.92 Å². The highest BCUT2D eigenvalue weighted by molar-refractivity contribution is 7.91. The summed E-state index contributed by atoms with van der Waals surface area (Å²) in [7, 11) is -3.12. The number of hydrogen-bond acceptors (Lipinski definition) is 4. The topological polar surface area (TPSA) is 66.4 Å². The van der Waals surface area contributed by atoms with Crippen molar-refractivity contribution in [2.24, 2.45) is 0 Å². The number of sulfone groups is 1. The molecule has 0 bridgehead atoms. The first-order valence-electron chi connectivity index (χ1n) is 6.27. The molecule has 18 heavy (non-hydrogen) atoms. The zero-order valence-electron chi connectivity index (χ0n) is 10.7. The number of unbranched alkanes of at least 4 members (excludes halogenated alkanes) is 1. The van der Waals surface area contributed by atoms with Crippen LogP contribution in [0.2, 0.25) is 0 Å². The van der Waals surface area contributed by atoms with Gasteiger partial charge in [-0.05, 0) is 43.5 Å². The molecule has 5 heteroatoms. The maximum atomic E-state index is 11.8. The van der Waals surface area contributed by atoms with Crippen molar-refractivity contribution in [3.8, 4) is 0 Å². The lowest BCUT2D eigenvalue weighted by molar-refractivity contribution is 0.286. The molecule has 2 N–H and O–H groups in total. The summed E-state index contributed by atoms with van der Waals surface area (Å²) in [6.45, 7) is 2.84. The lowest BCUT2D eigenvalue weighted by atomic mass is 10.3. The molecule has 102 valence electrons. The van der Waals surface area contributed by atoms with Gasteiger partial charge in [0.05, 0.1) is 10.6 Å². The Labute approximate surface area is 109 Å². The second-order valence-electron chi connectivity index (χ2n) is 4.20. The van der Waals surface area contributed by atoms with Gasteiger partial charge in [-0.2, -0.15) is 0 Å². The molecule has 4 nitrogen and oxygen atoms in total. The van der Waals surface area contributed by atoms with Crippen LogP contribution in [0.1, 0.15) is 26.2 Å². The summed E-state index contributed by atoms with van der Waals surface area (Å²) in [6.07, 6.45) is 2.30. The van der Waals surface area contributed by atoms with Crippen LogP contribution >= 0.6 is 0 Å². The first-order chi connectivity index (χ1) is 8.60. The minimum Gasteiger partial charge on any atom is -0.396 e. The Hall–Kier alpha value is -1.07. The maximum absolute atomic E-state index is 11.8. The van der Waals surface area contributed by atoms with Gasteiger partial charge >= 0.3 is 0 Å². The molecule has 0 saturated heterocycles. The normalized spacial score (nSPS) is 11.4.